The third-order valence-electron chi connectivity index (χ3n) is 36.7. The molecule has 6 heteroatoms. The van der Waals surface area contributed by atoms with Gasteiger partial charge in [-0.25, -0.2) is 0 Å². The average Bonchev–Trinajstić information content (AvgIpc) is 0.686. The number of rotatable bonds is 12. The zero-order valence-electron chi connectivity index (χ0n) is 92.8. The summed E-state index contributed by atoms with van der Waals surface area (Å²) in [5.74, 6) is 0.491. The van der Waals surface area contributed by atoms with E-state index >= 15 is 0 Å². The Morgan fingerprint density at radius 1 is 0.250 bits per heavy atom. The SMILES string of the molecule is CC(C)c1cc2c3c(c1)N(c1ccc(C(C)(C)C)cc1-c1ccc(C(C)(C)C)cc1)c1ccc(C(C)(C)C)cc1B3c1cc3c(cc1N2c1ccc2c(c1)C(C)(C)CCC2(C)CCC(C)(C)c1ccc(N2c4ccc(C(C)(C)C)cc4B4c5cc6c(cc5N(c5ccc7c(c5)C(C)(C)CCC7(C)C)c5cc(C(C)C)cc2c54)C(C)(C)CCC6(C)C)c(-c2cccc(C(C)(C)C)c2)c1)C(C)(C)CCC3(C)C. The summed E-state index contributed by atoms with van der Waals surface area (Å²) in [4.78, 5) is 11.1. The van der Waals surface area contributed by atoms with Crippen LogP contribution in [0.4, 0.5) is 68.2 Å². The minimum absolute atomic E-state index is 0.000194. The van der Waals surface area contributed by atoms with Crippen LogP contribution < -0.4 is 52.4 Å². The largest absolute Gasteiger partial charge is 0.311 e. The fourth-order valence-corrected chi connectivity index (χ4v) is 26.3. The van der Waals surface area contributed by atoms with E-state index in [1.54, 1.807) is 0 Å². The Morgan fingerprint density at radius 2 is 0.564 bits per heavy atom. The third kappa shape index (κ3) is 16.0. The molecule has 8 aliphatic rings. The van der Waals surface area contributed by atoms with Gasteiger partial charge in [0, 0.05) is 68.0 Å². The normalized spacial score (nSPS) is 19.3. The molecule has 726 valence electrons. The molecule has 4 nitrogen and oxygen atoms in total. The maximum Gasteiger partial charge on any atom is 0.252 e. The molecule has 0 bridgehead atoms. The molecule has 0 saturated carbocycles. The molecule has 140 heavy (non-hydrogen) atoms. The fourth-order valence-electron chi connectivity index (χ4n) is 26.3. The van der Waals surface area contributed by atoms with E-state index in [0.717, 1.165) is 57.8 Å². The molecule has 0 fully saturated rings. The van der Waals surface area contributed by atoms with Gasteiger partial charge in [-0.15, -0.1) is 0 Å². The molecular formula is C134H164B2N4. The van der Waals surface area contributed by atoms with Crippen LogP contribution in [0, 0.1) is 0 Å². The van der Waals surface area contributed by atoms with E-state index in [9.17, 15) is 0 Å². The van der Waals surface area contributed by atoms with E-state index in [0.29, 0.717) is 0 Å². The Balaban J connectivity index is 0.746. The smallest absolute Gasteiger partial charge is 0.252 e. The molecule has 0 aromatic heterocycles. The van der Waals surface area contributed by atoms with Crippen LogP contribution in [0.3, 0.4) is 0 Å². The van der Waals surface area contributed by atoms with Crippen molar-refractivity contribution in [3.63, 3.8) is 0 Å². The summed E-state index contributed by atoms with van der Waals surface area (Å²) in [7, 11) is 0. The summed E-state index contributed by atoms with van der Waals surface area (Å²) in [6.45, 7) is 88.5. The molecule has 1 unspecified atom stereocenters. The second kappa shape index (κ2) is 32.2. The van der Waals surface area contributed by atoms with E-state index in [4.69, 9.17) is 0 Å². The Kier molecular flexibility index (Phi) is 22.4. The first-order valence-electron chi connectivity index (χ1n) is 54.0. The lowest BCUT2D eigenvalue weighted by Gasteiger charge is -2.48. The minimum Gasteiger partial charge on any atom is -0.311 e. The van der Waals surface area contributed by atoms with Crippen LogP contribution in [0.1, 0.15) is 414 Å². The van der Waals surface area contributed by atoms with Gasteiger partial charge in [-0.2, -0.15) is 0 Å². The molecule has 0 radical (unpaired) electrons. The molecule has 4 aliphatic carbocycles. The van der Waals surface area contributed by atoms with Crippen LogP contribution in [0.25, 0.3) is 22.3 Å². The van der Waals surface area contributed by atoms with Gasteiger partial charge in [0.15, 0.2) is 0 Å². The van der Waals surface area contributed by atoms with Crippen molar-refractivity contribution >= 4 is 114 Å². The van der Waals surface area contributed by atoms with Crippen molar-refractivity contribution in [2.24, 2.45) is 0 Å². The lowest BCUT2D eigenvalue weighted by Crippen LogP contribution is -2.62. The summed E-state index contributed by atoms with van der Waals surface area (Å²) < 4.78 is 0. The number of nitrogens with zero attached hydrogens (tertiary/aromatic N) is 4. The highest BCUT2D eigenvalue weighted by Crippen LogP contribution is 2.60. The van der Waals surface area contributed by atoms with Gasteiger partial charge in [-0.05, 0) is 382 Å². The minimum atomic E-state index is -0.235. The second-order valence-electron chi connectivity index (χ2n) is 56.4. The summed E-state index contributed by atoms with van der Waals surface area (Å²) in [5.41, 5.74) is 50.8. The van der Waals surface area contributed by atoms with Gasteiger partial charge in [0.05, 0.1) is 11.4 Å². The highest BCUT2D eigenvalue weighted by Gasteiger charge is 2.53. The van der Waals surface area contributed by atoms with Crippen LogP contribution in [0.15, 0.2) is 206 Å². The van der Waals surface area contributed by atoms with Crippen LogP contribution in [0.2, 0.25) is 0 Å². The first-order valence-corrected chi connectivity index (χ1v) is 54.0. The van der Waals surface area contributed by atoms with Crippen LogP contribution >= 0.6 is 0 Å². The first-order chi connectivity index (χ1) is 65.0. The number of fused-ring (bicyclic) bond motifs is 12. The summed E-state index contributed by atoms with van der Waals surface area (Å²) in [6, 6.07) is 87.0. The highest BCUT2D eigenvalue weighted by atomic mass is 15.2. The topological polar surface area (TPSA) is 13.0 Å². The molecule has 20 rings (SSSR count). The highest BCUT2D eigenvalue weighted by molar-refractivity contribution is 7.01. The van der Waals surface area contributed by atoms with Crippen LogP contribution in [-0.2, 0) is 75.8 Å². The molecule has 0 amide bonds. The molecule has 1 atom stereocenters. The van der Waals surface area contributed by atoms with Gasteiger partial charge >= 0.3 is 0 Å². The molecule has 12 aromatic rings. The Bertz CT molecular complexity index is 7060. The third-order valence-corrected chi connectivity index (χ3v) is 36.7. The maximum atomic E-state index is 2.81. The zero-order chi connectivity index (χ0) is 101. The van der Waals surface area contributed by atoms with Crippen molar-refractivity contribution in [1.29, 1.82) is 0 Å². The fraction of sp³-hybridized carbons (Fsp3) is 0.463. The van der Waals surface area contributed by atoms with Crippen molar-refractivity contribution in [2.75, 3.05) is 19.6 Å². The lowest BCUT2D eigenvalue weighted by molar-refractivity contribution is 0.272. The first kappa shape index (κ1) is 97.4. The van der Waals surface area contributed by atoms with Gasteiger partial charge in [0.2, 0.25) is 0 Å². The average molecular weight is 1850 g/mol. The van der Waals surface area contributed by atoms with Gasteiger partial charge in [0.1, 0.15) is 0 Å². The van der Waals surface area contributed by atoms with E-state index < -0.39 is 0 Å². The number of hydrogen-bond acceptors (Lipinski definition) is 4. The molecule has 0 N–H and O–H groups in total. The molecule has 12 aromatic carbocycles. The van der Waals surface area contributed by atoms with Gasteiger partial charge in [-0.1, -0.05) is 358 Å². The zero-order valence-corrected chi connectivity index (χ0v) is 92.8. The molecule has 0 saturated heterocycles. The summed E-state index contributed by atoms with van der Waals surface area (Å²) in [5, 5.41) is 0. The van der Waals surface area contributed by atoms with Gasteiger partial charge < -0.3 is 19.6 Å². The molecule has 0 spiro atoms. The maximum absolute atomic E-state index is 2.81. The number of benzene rings is 12. The lowest BCUT2D eigenvalue weighted by atomic mass is 9.33. The second-order valence-corrected chi connectivity index (χ2v) is 56.4. The van der Waals surface area contributed by atoms with Crippen LogP contribution in [0.5, 0.6) is 0 Å². The van der Waals surface area contributed by atoms with Crippen molar-refractivity contribution in [1.82, 2.24) is 0 Å². The van der Waals surface area contributed by atoms with E-state index in [1.807, 2.05) is 0 Å². The van der Waals surface area contributed by atoms with Gasteiger partial charge in [-0.3, -0.25) is 0 Å². The van der Waals surface area contributed by atoms with Crippen molar-refractivity contribution in [3.05, 3.63) is 295 Å². The summed E-state index contributed by atoms with van der Waals surface area (Å²) >= 11 is 0. The van der Waals surface area contributed by atoms with Gasteiger partial charge in [0.25, 0.3) is 13.4 Å². The molecule has 4 aliphatic heterocycles. The molecule has 4 heterocycles. The van der Waals surface area contributed by atoms with Crippen molar-refractivity contribution in [3.8, 4) is 22.3 Å². The predicted molar refractivity (Wildman–Crippen MR) is 611 cm³/mol. The Hall–Kier alpha value is -10.0. The van der Waals surface area contributed by atoms with Crippen molar-refractivity contribution < 1.29 is 0 Å². The molecular weight excluding hydrogens is 1690 g/mol. The Morgan fingerprint density at radius 3 is 0.971 bits per heavy atom. The quantitative estimate of drug-likeness (QED) is 0.113. The predicted octanol–water partition coefficient (Wildman–Crippen LogP) is 34.1. The monoisotopic (exact) mass is 1850 g/mol. The standard InChI is InChI=1S/C134H164B2N4/c1-81(2)85-68-116-119-117(69-85)139(109-52-44-89(123(11,12)13)71-95(109)83-40-42-87(43-41-83)121(5,6)7)111-54-45-90(124(14,15)16)73-105(111)135(119)108-78-102-104(132(32,33)61-59-130(102,28)29)80-114(108)138(116)94-49-51-98-100(76-94)133(34,35)63-65-134(98,36)64-62-126(20,21)92-47-53-110(96(72-92)84-38-37-39-88(66-84)122(8,9)10)140-112-55-46-91(125(17,18)19)74-106(112)136-107-77-101-103(131(30,31)60-58-129(101,26)27)79-113(107)137(115-67-86(82(3)4)70-118(140)120(115)136)93-48-50-97-99(75-93)128(24,25)57-56-127(97,22)23/h37-55,66-82H,56-65H2,1-36H3. The van der Waals surface area contributed by atoms with Crippen LogP contribution in [-0.4, -0.2) is 13.4 Å². The van der Waals surface area contributed by atoms with E-state index in [1.165, 1.54) is 219 Å². The van der Waals surface area contributed by atoms with Crippen molar-refractivity contribution in [2.45, 2.75) is 401 Å². The van der Waals surface area contributed by atoms with E-state index in [2.05, 4.69) is 475 Å². The van der Waals surface area contributed by atoms with E-state index in [-0.39, 0.29) is 101 Å². The number of anilines is 12. The number of hydrogen-bond donors (Lipinski definition) is 0. The summed E-state index contributed by atoms with van der Waals surface area (Å²) in [6.07, 6.45) is 11.2. The Labute approximate surface area is 846 Å².